The Bertz CT molecular complexity index is 361. The van der Waals surface area contributed by atoms with Crippen molar-refractivity contribution in [1.29, 1.82) is 0 Å². The number of rotatable bonds is 3. The number of hydrogen-bond donors (Lipinski definition) is 1. The van der Waals surface area contributed by atoms with E-state index in [4.69, 9.17) is 0 Å². The molecule has 0 amide bonds. The van der Waals surface area contributed by atoms with Crippen LogP contribution in [0, 0.1) is 0 Å². The van der Waals surface area contributed by atoms with Gasteiger partial charge in [0.25, 0.3) is 0 Å². The minimum atomic E-state index is -0.977. The molecule has 82 valence electrons. The van der Waals surface area contributed by atoms with Crippen LogP contribution < -0.4 is 5.32 Å². The largest absolute Gasteiger partial charge is 0.388 e. The third-order valence-electron chi connectivity index (χ3n) is 2.62. The summed E-state index contributed by atoms with van der Waals surface area (Å²) in [6.45, 7) is 1.91. The molecule has 0 radical (unpaired) electrons. The molecule has 4 heteroatoms. The van der Waals surface area contributed by atoms with Crippen LogP contribution in [-0.2, 0) is 11.0 Å². The summed E-state index contributed by atoms with van der Waals surface area (Å²) >= 11 is 0. The van der Waals surface area contributed by atoms with Gasteiger partial charge in [-0.25, -0.2) is 8.51 Å². The Hall–Kier alpha value is -0.870. The van der Waals surface area contributed by atoms with Crippen LogP contribution in [0.1, 0.15) is 12.8 Å². The second-order valence-corrected chi connectivity index (χ2v) is 5.15. The van der Waals surface area contributed by atoms with Crippen LogP contribution >= 0.6 is 0 Å². The first-order valence-electron chi connectivity index (χ1n) is 5.26. The molecule has 1 aromatic rings. The summed E-state index contributed by atoms with van der Waals surface area (Å²) in [5, 5.41) is 3.06. The number of nitrogens with one attached hydrogen (secondary N) is 1. The molecule has 1 aromatic carbocycles. The van der Waals surface area contributed by atoms with E-state index >= 15 is 0 Å². The summed E-state index contributed by atoms with van der Waals surface area (Å²) in [6.07, 6.45) is 2.33. The van der Waals surface area contributed by atoms with E-state index in [0.29, 0.717) is 0 Å². The fraction of sp³-hybridized carbons (Fsp3) is 0.455. The molecule has 2 rings (SSSR count). The number of benzene rings is 1. The Balaban J connectivity index is 2.17. The van der Waals surface area contributed by atoms with Crippen LogP contribution in [0.4, 0.5) is 5.69 Å². The molecular formula is C11H16N2OS. The highest BCUT2D eigenvalue weighted by molar-refractivity contribution is 7.82. The third-order valence-corrected chi connectivity index (χ3v) is 4.12. The quantitative estimate of drug-likeness (QED) is 0.849. The third kappa shape index (κ3) is 2.38. The van der Waals surface area contributed by atoms with Gasteiger partial charge in [-0.05, 0) is 31.0 Å². The molecule has 1 fully saturated rings. The molecule has 0 bridgehead atoms. The van der Waals surface area contributed by atoms with Crippen LogP contribution in [0.25, 0.3) is 0 Å². The Kier molecular flexibility index (Phi) is 3.38. The molecule has 0 aliphatic carbocycles. The predicted molar refractivity (Wildman–Crippen MR) is 63.2 cm³/mol. The Morgan fingerprint density at radius 1 is 1.33 bits per heavy atom. The van der Waals surface area contributed by atoms with E-state index in [1.54, 1.807) is 0 Å². The number of nitrogens with zero attached hydrogens (tertiary/aromatic N) is 1. The van der Waals surface area contributed by atoms with E-state index in [1.165, 1.54) is 0 Å². The average molecular weight is 224 g/mol. The topological polar surface area (TPSA) is 32.3 Å². The molecule has 0 aromatic heterocycles. The Morgan fingerprint density at radius 2 is 2.07 bits per heavy atom. The van der Waals surface area contributed by atoms with Gasteiger partial charge in [0.1, 0.15) is 11.0 Å². The molecule has 1 unspecified atom stereocenters. The molecule has 15 heavy (non-hydrogen) atoms. The molecular weight excluding hydrogens is 208 g/mol. The fourth-order valence-corrected chi connectivity index (χ4v) is 3.07. The molecule has 0 spiro atoms. The van der Waals surface area contributed by atoms with Gasteiger partial charge >= 0.3 is 0 Å². The smallest absolute Gasteiger partial charge is 0.127 e. The van der Waals surface area contributed by atoms with Crippen LogP contribution in [0.2, 0.25) is 0 Å². The summed E-state index contributed by atoms with van der Waals surface area (Å²) < 4.78 is 14.2. The van der Waals surface area contributed by atoms with E-state index in [2.05, 4.69) is 5.32 Å². The zero-order chi connectivity index (χ0) is 10.7. The molecule has 0 saturated carbocycles. The van der Waals surface area contributed by atoms with E-state index in [0.717, 1.165) is 36.5 Å². The van der Waals surface area contributed by atoms with Crippen LogP contribution in [0.3, 0.4) is 0 Å². The molecule has 1 aliphatic heterocycles. The SMILES string of the molecule is CNc1cccc(S(=O)N2CCCC2)c1. The van der Waals surface area contributed by atoms with Gasteiger partial charge in [-0.2, -0.15) is 0 Å². The highest BCUT2D eigenvalue weighted by atomic mass is 32.2. The first-order chi connectivity index (χ1) is 7.31. The maximum absolute atomic E-state index is 12.1. The highest BCUT2D eigenvalue weighted by Crippen LogP contribution is 2.19. The monoisotopic (exact) mass is 224 g/mol. The summed E-state index contributed by atoms with van der Waals surface area (Å²) in [7, 11) is 0.896. The van der Waals surface area contributed by atoms with Crippen molar-refractivity contribution >= 4 is 16.7 Å². The van der Waals surface area contributed by atoms with E-state index in [1.807, 2.05) is 35.6 Å². The van der Waals surface area contributed by atoms with Crippen molar-refractivity contribution in [3.05, 3.63) is 24.3 Å². The lowest BCUT2D eigenvalue weighted by atomic mass is 10.3. The normalized spacial score (nSPS) is 19.0. The van der Waals surface area contributed by atoms with Gasteiger partial charge < -0.3 is 5.32 Å². The minimum Gasteiger partial charge on any atom is -0.388 e. The van der Waals surface area contributed by atoms with E-state index in [9.17, 15) is 4.21 Å². The van der Waals surface area contributed by atoms with Crippen molar-refractivity contribution in [2.45, 2.75) is 17.7 Å². The first kappa shape index (κ1) is 10.6. The number of anilines is 1. The summed E-state index contributed by atoms with van der Waals surface area (Å²) in [4.78, 5) is 0.892. The van der Waals surface area contributed by atoms with Crippen molar-refractivity contribution in [3.63, 3.8) is 0 Å². The first-order valence-corrected chi connectivity index (χ1v) is 6.36. The molecule has 1 atom stereocenters. The maximum atomic E-state index is 12.1. The lowest BCUT2D eigenvalue weighted by molar-refractivity contribution is 0.536. The highest BCUT2D eigenvalue weighted by Gasteiger charge is 2.19. The second kappa shape index (κ2) is 4.77. The minimum absolute atomic E-state index is 0.892. The van der Waals surface area contributed by atoms with Gasteiger partial charge in [0, 0.05) is 25.8 Å². The standard InChI is InChI=1S/C11H16N2OS/c1-12-10-5-4-6-11(9-10)15(14)13-7-2-3-8-13/h4-6,9,12H,2-3,7-8H2,1H3. The lowest BCUT2D eigenvalue weighted by Crippen LogP contribution is -2.22. The van der Waals surface area contributed by atoms with Crippen molar-refractivity contribution < 1.29 is 4.21 Å². The summed E-state index contributed by atoms with van der Waals surface area (Å²) in [5.74, 6) is 0. The van der Waals surface area contributed by atoms with Gasteiger partial charge in [-0.15, -0.1) is 0 Å². The average Bonchev–Trinajstić information content (AvgIpc) is 2.81. The van der Waals surface area contributed by atoms with Gasteiger partial charge in [0.2, 0.25) is 0 Å². The molecule has 1 heterocycles. The van der Waals surface area contributed by atoms with Crippen molar-refractivity contribution in [2.75, 3.05) is 25.5 Å². The molecule has 1 saturated heterocycles. The van der Waals surface area contributed by atoms with Gasteiger partial charge in [0.15, 0.2) is 0 Å². The summed E-state index contributed by atoms with van der Waals surface area (Å²) in [5.41, 5.74) is 1.01. The van der Waals surface area contributed by atoms with Crippen LogP contribution in [0.15, 0.2) is 29.2 Å². The fourth-order valence-electron chi connectivity index (χ4n) is 1.76. The van der Waals surface area contributed by atoms with Gasteiger partial charge in [0.05, 0.1) is 4.90 Å². The predicted octanol–water partition coefficient (Wildman–Crippen LogP) is 1.85. The molecule has 3 nitrogen and oxygen atoms in total. The summed E-state index contributed by atoms with van der Waals surface area (Å²) in [6, 6.07) is 7.80. The van der Waals surface area contributed by atoms with E-state index in [-0.39, 0.29) is 0 Å². The Morgan fingerprint density at radius 3 is 2.73 bits per heavy atom. The van der Waals surface area contributed by atoms with Crippen molar-refractivity contribution in [2.24, 2.45) is 0 Å². The zero-order valence-corrected chi connectivity index (χ0v) is 9.72. The van der Waals surface area contributed by atoms with Crippen molar-refractivity contribution in [1.82, 2.24) is 4.31 Å². The van der Waals surface area contributed by atoms with Crippen molar-refractivity contribution in [3.8, 4) is 0 Å². The lowest BCUT2D eigenvalue weighted by Gasteiger charge is -2.14. The molecule has 1 N–H and O–H groups in total. The van der Waals surface area contributed by atoms with Gasteiger partial charge in [-0.1, -0.05) is 6.07 Å². The Labute approximate surface area is 93.1 Å². The zero-order valence-electron chi connectivity index (χ0n) is 8.90. The van der Waals surface area contributed by atoms with Gasteiger partial charge in [-0.3, -0.25) is 0 Å². The maximum Gasteiger partial charge on any atom is 0.127 e. The van der Waals surface area contributed by atoms with Crippen LogP contribution in [0.5, 0.6) is 0 Å². The number of hydrogen-bond acceptors (Lipinski definition) is 2. The van der Waals surface area contributed by atoms with Crippen LogP contribution in [-0.4, -0.2) is 28.7 Å². The second-order valence-electron chi connectivity index (χ2n) is 3.66. The van der Waals surface area contributed by atoms with E-state index < -0.39 is 11.0 Å². The molecule has 1 aliphatic rings.